The molecule has 3 rings (SSSR count). The van der Waals surface area contributed by atoms with Crippen molar-refractivity contribution in [2.45, 2.75) is 84.2 Å². The number of likely N-dealkylation sites (tertiary alicyclic amines) is 1. The number of benzene rings is 2. The van der Waals surface area contributed by atoms with Gasteiger partial charge in [-0.15, -0.1) is 0 Å². The highest BCUT2D eigenvalue weighted by atomic mass is 19.3. The van der Waals surface area contributed by atoms with Gasteiger partial charge in [-0.2, -0.15) is 0 Å². The van der Waals surface area contributed by atoms with Gasteiger partial charge in [-0.05, 0) is 63.4 Å². The van der Waals surface area contributed by atoms with E-state index in [0.717, 1.165) is 29.2 Å². The van der Waals surface area contributed by atoms with E-state index in [-0.39, 0.29) is 24.0 Å². The molecule has 1 aliphatic rings. The summed E-state index contributed by atoms with van der Waals surface area (Å²) in [6.07, 6.45) is -3.90. The molecule has 1 fully saturated rings. The van der Waals surface area contributed by atoms with Gasteiger partial charge in [0.2, 0.25) is 11.8 Å². The Kier molecular flexibility index (Phi) is 13.2. The van der Waals surface area contributed by atoms with Crippen molar-refractivity contribution in [3.05, 3.63) is 64.2 Å². The van der Waals surface area contributed by atoms with E-state index < -0.39 is 84.3 Å². The predicted molar refractivity (Wildman–Crippen MR) is 176 cm³/mol. The molecule has 0 spiro atoms. The monoisotopic (exact) mass is 721 g/mol. The Labute approximate surface area is 292 Å². The van der Waals surface area contributed by atoms with Gasteiger partial charge in [0, 0.05) is 24.2 Å². The first kappa shape index (κ1) is 39.9. The number of rotatable bonds is 12. The van der Waals surface area contributed by atoms with Gasteiger partial charge in [-0.25, -0.2) is 23.2 Å². The molecular weight excluding hydrogens is 680 g/mol. The Balaban J connectivity index is 1.48. The number of hydrogen-bond acceptors (Lipinski definition) is 11. The average molecular weight is 722 g/mol. The van der Waals surface area contributed by atoms with Crippen LogP contribution < -0.4 is 20.7 Å². The molecule has 1 heterocycles. The van der Waals surface area contributed by atoms with Gasteiger partial charge in [-0.3, -0.25) is 24.6 Å². The highest BCUT2D eigenvalue weighted by Crippen LogP contribution is 2.33. The molecule has 2 aromatic rings. The van der Waals surface area contributed by atoms with E-state index in [4.69, 9.17) is 18.9 Å². The van der Waals surface area contributed by atoms with Crippen LogP contribution in [0.3, 0.4) is 0 Å². The van der Waals surface area contributed by atoms with Crippen LogP contribution >= 0.6 is 0 Å². The van der Waals surface area contributed by atoms with Crippen LogP contribution in [-0.4, -0.2) is 82.8 Å². The topological polar surface area (TPSA) is 205 Å². The predicted octanol–water partition coefficient (Wildman–Crippen LogP) is 5.15. The molecule has 3 atom stereocenters. The quantitative estimate of drug-likeness (QED) is 0.0860. The third kappa shape index (κ3) is 12.7. The minimum absolute atomic E-state index is 0.0741. The van der Waals surface area contributed by atoms with E-state index in [9.17, 15) is 42.9 Å². The van der Waals surface area contributed by atoms with Crippen LogP contribution in [0.25, 0.3) is 0 Å². The van der Waals surface area contributed by atoms with E-state index in [1.807, 2.05) is 0 Å². The number of carbonyl (C=O) groups is 5. The molecule has 1 saturated heterocycles. The lowest BCUT2D eigenvalue weighted by Gasteiger charge is -2.26. The standard InChI is InChI=1S/C33H41F2N5O11/c1-19(2)26(38-29(43)51-32(4,5)6)28(42)36-20(3)27(41)37-22-9-7-21(8-10-22)16-48-30(44)39-18-33(34,35)15-24(39)17-49-31(45)50-25-13-11-23(12-14-25)40(46)47/h7-14,19-20,24,26H,15-18H2,1-6H3,(H,36,42)(H,37,41)(H,38,43)/t20-,24-,26-/m0/s1. The number of alkyl carbamates (subject to hydrolysis) is 1. The second kappa shape index (κ2) is 16.9. The Bertz CT molecular complexity index is 1580. The van der Waals surface area contributed by atoms with E-state index in [0.29, 0.717) is 11.3 Å². The van der Waals surface area contributed by atoms with Crippen LogP contribution in [0.15, 0.2) is 48.5 Å². The normalized spacial score (nSPS) is 16.3. The zero-order chi connectivity index (χ0) is 38.1. The van der Waals surface area contributed by atoms with Gasteiger partial charge in [0.15, 0.2) is 0 Å². The maximum Gasteiger partial charge on any atom is 0.513 e. The molecule has 0 bridgehead atoms. The zero-order valence-electron chi connectivity index (χ0n) is 28.9. The van der Waals surface area contributed by atoms with Crippen molar-refractivity contribution in [1.29, 1.82) is 0 Å². The number of anilines is 1. The van der Waals surface area contributed by atoms with Crippen LogP contribution in [0, 0.1) is 16.0 Å². The number of carbonyl (C=O) groups excluding carboxylic acids is 5. The summed E-state index contributed by atoms with van der Waals surface area (Å²) in [5.74, 6) is -4.79. The van der Waals surface area contributed by atoms with Crippen molar-refractivity contribution < 1.29 is 56.6 Å². The lowest BCUT2D eigenvalue weighted by atomic mass is 10.0. The van der Waals surface area contributed by atoms with Crippen LogP contribution in [0.2, 0.25) is 0 Å². The minimum atomic E-state index is -3.27. The number of amides is 4. The van der Waals surface area contributed by atoms with Gasteiger partial charge in [0.1, 0.15) is 36.6 Å². The van der Waals surface area contributed by atoms with Crippen LogP contribution in [-0.2, 0) is 30.4 Å². The smallest absolute Gasteiger partial charge is 0.445 e. The minimum Gasteiger partial charge on any atom is -0.445 e. The fraction of sp³-hybridized carbons (Fsp3) is 0.485. The van der Waals surface area contributed by atoms with Crippen LogP contribution in [0.4, 0.5) is 34.5 Å². The van der Waals surface area contributed by atoms with Gasteiger partial charge in [0.25, 0.3) is 11.6 Å². The molecule has 0 radical (unpaired) electrons. The number of nitro benzene ring substituents is 1. The van der Waals surface area contributed by atoms with Crippen LogP contribution in [0.1, 0.15) is 53.5 Å². The molecular formula is C33H41F2N5O11. The van der Waals surface area contributed by atoms with Crippen molar-refractivity contribution in [2.75, 3.05) is 18.5 Å². The lowest BCUT2D eigenvalue weighted by Crippen LogP contribution is -2.54. The second-order valence-electron chi connectivity index (χ2n) is 13.1. The number of hydrogen-bond donors (Lipinski definition) is 3. The molecule has 0 saturated carbocycles. The number of nitro groups is 1. The third-order valence-electron chi connectivity index (χ3n) is 7.21. The summed E-state index contributed by atoms with van der Waals surface area (Å²) in [6, 6.07) is 7.42. The maximum atomic E-state index is 14.2. The van der Waals surface area contributed by atoms with Crippen LogP contribution in [0.5, 0.6) is 5.75 Å². The molecule has 4 amide bonds. The largest absolute Gasteiger partial charge is 0.513 e. The van der Waals surface area contributed by atoms with Crippen molar-refractivity contribution in [3.8, 4) is 5.75 Å². The fourth-order valence-electron chi connectivity index (χ4n) is 4.69. The Morgan fingerprint density at radius 3 is 2.16 bits per heavy atom. The highest BCUT2D eigenvalue weighted by Gasteiger charge is 2.48. The number of nitrogens with zero attached hydrogens (tertiary/aromatic N) is 2. The lowest BCUT2D eigenvalue weighted by molar-refractivity contribution is -0.384. The third-order valence-corrected chi connectivity index (χ3v) is 7.21. The fourth-order valence-corrected chi connectivity index (χ4v) is 4.69. The second-order valence-corrected chi connectivity index (χ2v) is 13.1. The Morgan fingerprint density at radius 2 is 1.59 bits per heavy atom. The summed E-state index contributed by atoms with van der Waals surface area (Å²) in [4.78, 5) is 73.5. The summed E-state index contributed by atoms with van der Waals surface area (Å²) in [5, 5.41) is 18.5. The summed E-state index contributed by atoms with van der Waals surface area (Å²) in [6.45, 7) is 8.08. The first-order valence-corrected chi connectivity index (χ1v) is 15.8. The molecule has 0 aromatic heterocycles. The molecule has 1 aliphatic heterocycles. The molecule has 2 aromatic carbocycles. The first-order valence-electron chi connectivity index (χ1n) is 15.8. The van der Waals surface area contributed by atoms with Gasteiger partial charge in [0.05, 0.1) is 17.5 Å². The van der Waals surface area contributed by atoms with E-state index in [1.165, 1.54) is 31.2 Å². The van der Waals surface area contributed by atoms with Gasteiger partial charge >= 0.3 is 18.3 Å². The highest BCUT2D eigenvalue weighted by molar-refractivity contribution is 5.98. The molecule has 0 aliphatic carbocycles. The van der Waals surface area contributed by atoms with Gasteiger partial charge < -0.3 is 34.9 Å². The van der Waals surface area contributed by atoms with Crippen molar-refractivity contribution in [2.24, 2.45) is 5.92 Å². The Hall–Kier alpha value is -5.55. The van der Waals surface area contributed by atoms with E-state index in [1.54, 1.807) is 34.6 Å². The van der Waals surface area contributed by atoms with Crippen molar-refractivity contribution in [1.82, 2.24) is 15.5 Å². The molecule has 0 unspecified atom stereocenters. The number of nitrogens with one attached hydrogen (secondary N) is 3. The number of halogens is 2. The number of ether oxygens (including phenoxy) is 4. The maximum absolute atomic E-state index is 14.2. The van der Waals surface area contributed by atoms with E-state index >= 15 is 0 Å². The summed E-state index contributed by atoms with van der Waals surface area (Å²) in [5.41, 5.74) is -0.194. The summed E-state index contributed by atoms with van der Waals surface area (Å²) >= 11 is 0. The van der Waals surface area contributed by atoms with Gasteiger partial charge in [-0.1, -0.05) is 26.0 Å². The SMILES string of the molecule is CC(C)[C@H](NC(=O)OC(C)(C)C)C(=O)N[C@@H](C)C(=O)Nc1ccc(COC(=O)N2CC(F)(F)C[C@H]2COC(=O)Oc2ccc([N+](=O)[O-])cc2)cc1. The summed E-state index contributed by atoms with van der Waals surface area (Å²) < 4.78 is 48.7. The zero-order valence-corrected chi connectivity index (χ0v) is 28.9. The van der Waals surface area contributed by atoms with Crippen molar-refractivity contribution >= 4 is 41.5 Å². The molecule has 51 heavy (non-hydrogen) atoms. The summed E-state index contributed by atoms with van der Waals surface area (Å²) in [7, 11) is 0. The molecule has 18 heteroatoms. The molecule has 3 N–H and O–H groups in total. The van der Waals surface area contributed by atoms with E-state index in [2.05, 4.69) is 16.0 Å². The Morgan fingerprint density at radius 1 is 0.961 bits per heavy atom. The molecule has 278 valence electrons. The first-order chi connectivity index (χ1) is 23.7. The number of alkyl halides is 2. The number of non-ortho nitro benzene ring substituents is 1. The molecule has 16 nitrogen and oxygen atoms in total. The average Bonchev–Trinajstić information content (AvgIpc) is 3.35. The van der Waals surface area contributed by atoms with Crippen molar-refractivity contribution in [3.63, 3.8) is 0 Å².